The number of aromatic nitrogens is 3. The maximum Gasteiger partial charge on any atom is 0.319 e. The Morgan fingerprint density at radius 3 is 2.76 bits per heavy atom. The molecule has 4 atom stereocenters. The number of phenolic OH excluding ortho intramolecular Hbond substituents is 1. The van der Waals surface area contributed by atoms with Gasteiger partial charge >= 0.3 is 6.01 Å². The first-order chi connectivity index (χ1) is 22.6. The Morgan fingerprint density at radius 2 is 1.98 bits per heavy atom. The zero-order chi connectivity index (χ0) is 32.7. The molecule has 4 aromatic rings. The van der Waals surface area contributed by atoms with E-state index in [9.17, 15) is 17.3 Å². The van der Waals surface area contributed by atoms with E-state index in [2.05, 4.69) is 21.2 Å². The van der Waals surface area contributed by atoms with E-state index in [1.54, 1.807) is 0 Å². The molecule has 3 N–H and O–H groups in total. The van der Waals surface area contributed by atoms with Gasteiger partial charge in [-0.1, -0.05) is 12.0 Å². The first-order valence-electron chi connectivity index (χ1n) is 16.5. The van der Waals surface area contributed by atoms with Gasteiger partial charge in [0.25, 0.3) is 0 Å². The van der Waals surface area contributed by atoms with E-state index in [0.29, 0.717) is 55.5 Å². The lowest BCUT2D eigenvalue weighted by Gasteiger charge is -2.35. The summed E-state index contributed by atoms with van der Waals surface area (Å²) in [4.78, 5) is 17.7. The van der Waals surface area contributed by atoms with Crippen molar-refractivity contribution in [2.75, 3.05) is 37.7 Å². The molecule has 0 radical (unpaired) electrons. The highest BCUT2D eigenvalue weighted by Crippen LogP contribution is 2.43. The third-order valence-electron chi connectivity index (χ3n) is 10.0. The van der Waals surface area contributed by atoms with Crippen molar-refractivity contribution in [3.8, 4) is 35.4 Å². The fourth-order valence-electron chi connectivity index (χ4n) is 7.97. The monoisotopic (exact) mass is 614 g/mol. The largest absolute Gasteiger partial charge is 0.508 e. The van der Waals surface area contributed by atoms with Gasteiger partial charge in [0.15, 0.2) is 5.82 Å². The molecule has 0 spiro atoms. The lowest BCUT2D eigenvalue weighted by molar-refractivity contribution is 0.0644. The van der Waals surface area contributed by atoms with E-state index < -0.39 is 23.7 Å². The number of halogens is 2. The number of benzene rings is 2. The number of anilines is 1. The SMILES string of the molecule is [2H]C([2H])(Oc1nc(N2C[C@H]3CC[C@@H](C2)N3)c2cnc(-c3cc(O)cc4ccc(F)c(C#C)c34)c(F)c2n1)C12CCCN1C(CO)CC2. The van der Waals surface area contributed by atoms with Crippen LogP contribution in [0.2, 0.25) is 0 Å². The number of pyridine rings is 1. The summed E-state index contributed by atoms with van der Waals surface area (Å²) in [6.45, 7) is -0.473. The number of hydrogen-bond acceptors (Lipinski definition) is 9. The highest BCUT2D eigenvalue weighted by molar-refractivity contribution is 6.03. The summed E-state index contributed by atoms with van der Waals surface area (Å²) in [5.41, 5.74) is -1.33. The predicted octanol–water partition coefficient (Wildman–Crippen LogP) is 4.12. The van der Waals surface area contributed by atoms with Crippen molar-refractivity contribution in [1.82, 2.24) is 25.2 Å². The Balaban J connectivity index is 1.30. The Labute approximate surface area is 262 Å². The van der Waals surface area contributed by atoms with E-state index in [1.165, 1.54) is 30.5 Å². The lowest BCUT2D eigenvalue weighted by Crippen LogP contribution is -2.51. The van der Waals surface area contributed by atoms with Gasteiger partial charge in [-0.15, -0.1) is 6.42 Å². The van der Waals surface area contributed by atoms with E-state index in [1.807, 2.05) is 9.80 Å². The van der Waals surface area contributed by atoms with E-state index in [0.717, 1.165) is 19.3 Å². The second-order valence-corrected chi connectivity index (χ2v) is 12.6. The van der Waals surface area contributed by atoms with Gasteiger partial charge in [0.2, 0.25) is 0 Å². The van der Waals surface area contributed by atoms with E-state index in [-0.39, 0.29) is 64.2 Å². The van der Waals surface area contributed by atoms with Crippen LogP contribution in [0.3, 0.4) is 0 Å². The smallest absolute Gasteiger partial charge is 0.319 e. The first-order valence-corrected chi connectivity index (χ1v) is 15.5. The first kappa shape index (κ1) is 26.1. The lowest BCUT2D eigenvalue weighted by atomic mass is 9.95. The Kier molecular flexibility index (Phi) is 6.25. The minimum absolute atomic E-state index is 0.0736. The van der Waals surface area contributed by atoms with Gasteiger partial charge in [0.1, 0.15) is 35.2 Å². The van der Waals surface area contributed by atoms with Gasteiger partial charge in [-0.05, 0) is 68.7 Å². The summed E-state index contributed by atoms with van der Waals surface area (Å²) in [5.74, 6) is 1.02. The van der Waals surface area contributed by atoms with Crippen LogP contribution in [0.25, 0.3) is 32.9 Å². The van der Waals surface area contributed by atoms with Crippen LogP contribution in [0.4, 0.5) is 14.6 Å². The molecular formula is C34H34F2N6O3. The quantitative estimate of drug-likeness (QED) is 0.277. The number of piperazine rings is 1. The standard InChI is InChI=1S/C34H34F2N6O3/c1-2-24-27(35)7-4-19-12-23(44)13-25(28(19)24)30-29(36)31-26(14-37-30)32(41-15-20-5-6-21(16-41)38-20)40-33(39-31)45-18-34-9-3-11-42(34)22(17-43)8-10-34/h1,4,7,12-14,20-22,38,43-44H,3,5-6,8-11,15-18H2/t20-,21+,22?,34?/i18D2. The number of nitrogens with zero attached hydrogens (tertiary/aromatic N) is 5. The molecule has 232 valence electrons. The van der Waals surface area contributed by atoms with Gasteiger partial charge in [-0.25, -0.2) is 8.78 Å². The van der Waals surface area contributed by atoms with Crippen LogP contribution in [-0.4, -0.2) is 86.5 Å². The normalized spacial score (nSPS) is 27.1. The predicted molar refractivity (Wildman–Crippen MR) is 166 cm³/mol. The second kappa shape index (κ2) is 10.8. The summed E-state index contributed by atoms with van der Waals surface area (Å²) in [6, 6.07) is 5.33. The van der Waals surface area contributed by atoms with Crippen LogP contribution in [0.1, 0.15) is 46.8 Å². The number of fused-ring (bicyclic) bond motifs is 5. The fourth-order valence-corrected chi connectivity index (χ4v) is 7.97. The van der Waals surface area contributed by atoms with Crippen molar-refractivity contribution < 1.29 is 26.5 Å². The number of ether oxygens (including phenoxy) is 1. The van der Waals surface area contributed by atoms with Crippen molar-refractivity contribution in [2.24, 2.45) is 0 Å². The molecule has 8 rings (SSSR count). The third-order valence-corrected chi connectivity index (χ3v) is 10.0. The molecule has 9 nitrogen and oxygen atoms in total. The molecule has 45 heavy (non-hydrogen) atoms. The van der Waals surface area contributed by atoms with Crippen molar-refractivity contribution in [2.45, 2.75) is 62.2 Å². The average molecular weight is 615 g/mol. The maximum absolute atomic E-state index is 16.9. The van der Waals surface area contributed by atoms with Gasteiger partial charge in [0.05, 0.1) is 25.8 Å². The number of aliphatic hydroxyl groups excluding tert-OH is 1. The van der Waals surface area contributed by atoms with Crippen molar-refractivity contribution in [3.63, 3.8) is 0 Å². The van der Waals surface area contributed by atoms with E-state index in [4.69, 9.17) is 16.1 Å². The summed E-state index contributed by atoms with van der Waals surface area (Å²) < 4.78 is 56.2. The molecule has 4 fully saturated rings. The molecule has 2 bridgehead atoms. The van der Waals surface area contributed by atoms with Crippen molar-refractivity contribution in [3.05, 3.63) is 47.7 Å². The maximum atomic E-state index is 16.9. The number of aromatic hydroxyl groups is 1. The average Bonchev–Trinajstić information content (AvgIpc) is 3.74. The molecule has 0 amide bonds. The number of rotatable bonds is 6. The van der Waals surface area contributed by atoms with Gasteiger partial charge in [-0.3, -0.25) is 9.88 Å². The number of aliphatic hydroxyl groups is 1. The zero-order valence-electron chi connectivity index (χ0n) is 26.6. The minimum Gasteiger partial charge on any atom is -0.508 e. The molecule has 0 aliphatic carbocycles. The van der Waals surface area contributed by atoms with Crippen LogP contribution < -0.4 is 15.0 Å². The number of terminal acetylenes is 1. The van der Waals surface area contributed by atoms with Crippen LogP contribution in [0, 0.1) is 24.0 Å². The van der Waals surface area contributed by atoms with Gasteiger partial charge in [0, 0.05) is 48.4 Å². The summed E-state index contributed by atoms with van der Waals surface area (Å²) in [7, 11) is 0. The van der Waals surface area contributed by atoms with E-state index >= 15 is 4.39 Å². The molecule has 2 aromatic heterocycles. The molecule has 2 unspecified atom stereocenters. The molecule has 4 saturated heterocycles. The molecule has 11 heteroatoms. The van der Waals surface area contributed by atoms with Crippen LogP contribution in [0.15, 0.2) is 30.5 Å². The Hall–Kier alpha value is -4.11. The Bertz CT molecular complexity index is 1960. The topological polar surface area (TPSA) is 107 Å². The minimum atomic E-state index is -2.26. The fraction of sp³-hybridized carbons (Fsp3) is 0.441. The van der Waals surface area contributed by atoms with Crippen LogP contribution in [0.5, 0.6) is 11.8 Å². The Morgan fingerprint density at radius 1 is 1.16 bits per heavy atom. The van der Waals surface area contributed by atoms with Crippen molar-refractivity contribution in [1.29, 1.82) is 0 Å². The summed E-state index contributed by atoms with van der Waals surface area (Å²) in [6.07, 6.45) is 11.6. The highest BCUT2D eigenvalue weighted by atomic mass is 19.1. The number of phenols is 1. The zero-order valence-corrected chi connectivity index (χ0v) is 24.6. The van der Waals surface area contributed by atoms with Crippen LogP contribution in [-0.2, 0) is 0 Å². The number of hydrogen-bond donors (Lipinski definition) is 3. The molecule has 0 saturated carbocycles. The molecule has 2 aromatic carbocycles. The van der Waals surface area contributed by atoms with Gasteiger partial charge < -0.3 is 25.2 Å². The van der Waals surface area contributed by atoms with Gasteiger partial charge in [-0.2, -0.15) is 9.97 Å². The molecular weight excluding hydrogens is 578 g/mol. The molecule has 4 aliphatic heterocycles. The molecule has 6 heterocycles. The van der Waals surface area contributed by atoms with Crippen LogP contribution >= 0.6 is 0 Å². The summed E-state index contributed by atoms with van der Waals surface area (Å²) >= 11 is 0. The molecule has 4 aliphatic rings. The van der Waals surface area contributed by atoms with Crippen molar-refractivity contribution >= 4 is 27.5 Å². The highest BCUT2D eigenvalue weighted by Gasteiger charge is 2.49. The second-order valence-electron chi connectivity index (χ2n) is 12.6. The third kappa shape index (κ3) is 4.57. The number of nitrogens with one attached hydrogen (secondary N) is 1. The summed E-state index contributed by atoms with van der Waals surface area (Å²) in [5, 5.41) is 25.0.